The van der Waals surface area contributed by atoms with Crippen LogP contribution in [0.15, 0.2) is 36.4 Å². The van der Waals surface area contributed by atoms with Crippen LogP contribution in [0.3, 0.4) is 0 Å². The average molecular weight is 458 g/mol. The monoisotopic (exact) mass is 457 g/mol. The number of thiocarbonyl (C=S) groups is 1. The Hall–Kier alpha value is -2.36. The molecule has 0 spiro atoms. The molecule has 1 fully saturated rings. The van der Waals surface area contributed by atoms with Crippen LogP contribution in [0, 0.1) is 6.92 Å². The third-order valence-corrected chi connectivity index (χ3v) is 5.20. The van der Waals surface area contributed by atoms with E-state index in [1.165, 1.54) is 12.1 Å². The molecule has 0 bridgehead atoms. The summed E-state index contributed by atoms with van der Waals surface area (Å²) in [4.78, 5) is 14.3. The van der Waals surface area contributed by atoms with Crippen molar-refractivity contribution in [2.45, 2.75) is 13.1 Å². The van der Waals surface area contributed by atoms with E-state index in [0.717, 1.165) is 17.7 Å². The summed E-state index contributed by atoms with van der Waals surface area (Å²) in [6, 6.07) is 8.16. The lowest BCUT2D eigenvalue weighted by Gasteiger charge is -2.31. The molecule has 0 aromatic heterocycles. The van der Waals surface area contributed by atoms with Crippen molar-refractivity contribution < 1.29 is 22.7 Å². The maximum Gasteiger partial charge on any atom is 0.416 e. The quantitative estimate of drug-likeness (QED) is 0.658. The fraction of sp³-hybridized carbons (Fsp3) is 0.300. The SMILES string of the molecule is Cc1ccc(C(=O)NC(=S)Nc2cc(C(F)(F)F)ccc2N2CCOCC2)cc1Cl. The van der Waals surface area contributed by atoms with Crippen molar-refractivity contribution in [2.24, 2.45) is 0 Å². The molecule has 1 aliphatic rings. The van der Waals surface area contributed by atoms with E-state index in [4.69, 9.17) is 28.6 Å². The van der Waals surface area contributed by atoms with Gasteiger partial charge in [0, 0.05) is 23.7 Å². The molecular formula is C20H19ClF3N3O2S. The standard InChI is InChI=1S/C20H19ClF3N3O2S/c1-12-2-3-13(10-15(12)21)18(28)26-19(30)25-16-11-14(20(22,23)24)4-5-17(16)27-6-8-29-9-7-27/h2-5,10-11H,6-9H2,1H3,(H2,25,26,28,30). The van der Waals surface area contributed by atoms with Gasteiger partial charge in [-0.1, -0.05) is 17.7 Å². The van der Waals surface area contributed by atoms with E-state index < -0.39 is 17.6 Å². The molecule has 0 saturated carbocycles. The number of alkyl halides is 3. The van der Waals surface area contributed by atoms with Crippen LogP contribution in [0.25, 0.3) is 0 Å². The third-order valence-electron chi connectivity index (χ3n) is 4.58. The lowest BCUT2D eigenvalue weighted by molar-refractivity contribution is -0.137. The molecule has 0 unspecified atom stereocenters. The molecule has 0 aliphatic carbocycles. The molecule has 0 radical (unpaired) electrons. The van der Waals surface area contributed by atoms with Crippen LogP contribution >= 0.6 is 23.8 Å². The second-order valence-electron chi connectivity index (χ2n) is 6.70. The lowest BCUT2D eigenvalue weighted by atomic mass is 10.1. The predicted octanol–water partition coefficient (Wildman–Crippen LogP) is 4.63. The van der Waals surface area contributed by atoms with Crippen molar-refractivity contribution in [1.82, 2.24) is 5.32 Å². The van der Waals surface area contributed by atoms with E-state index in [9.17, 15) is 18.0 Å². The maximum atomic E-state index is 13.2. The van der Waals surface area contributed by atoms with Gasteiger partial charge in [0.1, 0.15) is 0 Å². The number of amides is 1. The Kier molecular flexibility index (Phi) is 6.84. The Morgan fingerprint density at radius 1 is 1.17 bits per heavy atom. The van der Waals surface area contributed by atoms with Gasteiger partial charge in [-0.25, -0.2) is 0 Å². The van der Waals surface area contributed by atoms with Crippen molar-refractivity contribution in [3.8, 4) is 0 Å². The Bertz CT molecular complexity index is 963. The molecule has 10 heteroatoms. The second kappa shape index (κ2) is 9.20. The van der Waals surface area contributed by atoms with Crippen molar-refractivity contribution >= 4 is 46.2 Å². The second-order valence-corrected chi connectivity index (χ2v) is 7.52. The van der Waals surface area contributed by atoms with Crippen LogP contribution in [0.1, 0.15) is 21.5 Å². The summed E-state index contributed by atoms with van der Waals surface area (Å²) >= 11 is 11.2. The summed E-state index contributed by atoms with van der Waals surface area (Å²) in [5.74, 6) is -0.519. The van der Waals surface area contributed by atoms with E-state index in [1.54, 1.807) is 19.1 Å². The van der Waals surface area contributed by atoms with Crippen LogP contribution < -0.4 is 15.5 Å². The molecule has 1 saturated heterocycles. The highest BCUT2D eigenvalue weighted by Gasteiger charge is 2.31. The lowest BCUT2D eigenvalue weighted by Crippen LogP contribution is -2.38. The molecule has 30 heavy (non-hydrogen) atoms. The van der Waals surface area contributed by atoms with Gasteiger partial charge in [-0.05, 0) is 55.0 Å². The van der Waals surface area contributed by atoms with E-state index >= 15 is 0 Å². The first-order valence-corrected chi connectivity index (χ1v) is 9.86. The molecule has 3 rings (SSSR count). The van der Waals surface area contributed by atoms with E-state index in [1.807, 2.05) is 4.90 Å². The van der Waals surface area contributed by atoms with Gasteiger partial charge in [0.2, 0.25) is 0 Å². The topological polar surface area (TPSA) is 53.6 Å². The van der Waals surface area contributed by atoms with Gasteiger partial charge in [-0.3, -0.25) is 10.1 Å². The number of nitrogens with zero attached hydrogens (tertiary/aromatic N) is 1. The number of morpholine rings is 1. The number of hydrogen-bond donors (Lipinski definition) is 2. The number of anilines is 2. The number of aryl methyl sites for hydroxylation is 1. The number of halogens is 4. The molecule has 2 N–H and O–H groups in total. The van der Waals surface area contributed by atoms with Gasteiger partial charge in [0.05, 0.1) is 30.2 Å². The number of rotatable bonds is 3. The molecule has 1 aliphatic heterocycles. The molecule has 2 aromatic carbocycles. The number of ether oxygens (including phenoxy) is 1. The smallest absolute Gasteiger partial charge is 0.378 e. The minimum atomic E-state index is -4.51. The summed E-state index contributed by atoms with van der Waals surface area (Å²) in [7, 11) is 0. The van der Waals surface area contributed by atoms with Gasteiger partial charge < -0.3 is 15.0 Å². The minimum absolute atomic E-state index is 0.120. The van der Waals surface area contributed by atoms with Crippen molar-refractivity contribution in [3.05, 3.63) is 58.1 Å². The van der Waals surface area contributed by atoms with Crippen LogP contribution in [-0.4, -0.2) is 37.3 Å². The van der Waals surface area contributed by atoms with Gasteiger partial charge >= 0.3 is 6.18 Å². The summed E-state index contributed by atoms with van der Waals surface area (Å²) in [6.45, 7) is 3.80. The van der Waals surface area contributed by atoms with Crippen LogP contribution in [0.2, 0.25) is 5.02 Å². The zero-order valence-electron chi connectivity index (χ0n) is 16.0. The van der Waals surface area contributed by atoms with Crippen LogP contribution in [-0.2, 0) is 10.9 Å². The molecule has 5 nitrogen and oxygen atoms in total. The highest BCUT2D eigenvalue weighted by atomic mass is 35.5. The maximum absolute atomic E-state index is 13.2. The first-order chi connectivity index (χ1) is 14.1. The molecular weight excluding hydrogens is 439 g/mol. The number of hydrogen-bond acceptors (Lipinski definition) is 4. The average Bonchev–Trinajstić information content (AvgIpc) is 2.70. The molecule has 1 heterocycles. The van der Waals surface area contributed by atoms with E-state index in [2.05, 4.69) is 10.6 Å². The number of nitrogens with one attached hydrogen (secondary N) is 2. The zero-order valence-corrected chi connectivity index (χ0v) is 17.5. The molecule has 160 valence electrons. The zero-order chi connectivity index (χ0) is 21.9. The van der Waals surface area contributed by atoms with Gasteiger partial charge in [0.15, 0.2) is 5.11 Å². The van der Waals surface area contributed by atoms with Crippen molar-refractivity contribution in [2.75, 3.05) is 36.5 Å². The number of carbonyl (C=O) groups is 1. The normalized spacial score (nSPS) is 14.4. The fourth-order valence-electron chi connectivity index (χ4n) is 2.96. The van der Waals surface area contributed by atoms with E-state index in [0.29, 0.717) is 37.0 Å². The largest absolute Gasteiger partial charge is 0.416 e. The van der Waals surface area contributed by atoms with E-state index in [-0.39, 0.29) is 16.4 Å². The van der Waals surface area contributed by atoms with Crippen LogP contribution in [0.5, 0.6) is 0 Å². The molecule has 0 atom stereocenters. The summed E-state index contributed by atoms with van der Waals surface area (Å²) in [5, 5.41) is 5.51. The first-order valence-electron chi connectivity index (χ1n) is 9.07. The summed E-state index contributed by atoms with van der Waals surface area (Å²) in [5.41, 5.74) is 0.974. The Labute approximate surface area is 182 Å². The Balaban J connectivity index is 1.81. The third kappa shape index (κ3) is 5.41. The number of benzene rings is 2. The minimum Gasteiger partial charge on any atom is -0.378 e. The molecule has 1 amide bonds. The fourth-order valence-corrected chi connectivity index (χ4v) is 3.34. The van der Waals surface area contributed by atoms with Gasteiger partial charge in [0.25, 0.3) is 5.91 Å². The summed E-state index contributed by atoms with van der Waals surface area (Å²) in [6.07, 6.45) is -4.51. The number of carbonyl (C=O) groups excluding carboxylic acids is 1. The first kappa shape index (κ1) is 22.3. The highest BCUT2D eigenvalue weighted by molar-refractivity contribution is 7.80. The highest BCUT2D eigenvalue weighted by Crippen LogP contribution is 2.35. The summed E-state index contributed by atoms with van der Waals surface area (Å²) < 4.78 is 44.9. The predicted molar refractivity (Wildman–Crippen MR) is 114 cm³/mol. The van der Waals surface area contributed by atoms with Crippen LogP contribution in [0.4, 0.5) is 24.5 Å². The molecule has 2 aromatic rings. The van der Waals surface area contributed by atoms with Crippen molar-refractivity contribution in [1.29, 1.82) is 0 Å². The Morgan fingerprint density at radius 3 is 2.50 bits per heavy atom. The van der Waals surface area contributed by atoms with Gasteiger partial charge in [-0.15, -0.1) is 0 Å². The Morgan fingerprint density at radius 2 is 1.87 bits per heavy atom. The van der Waals surface area contributed by atoms with Crippen molar-refractivity contribution in [3.63, 3.8) is 0 Å². The van der Waals surface area contributed by atoms with Gasteiger partial charge in [-0.2, -0.15) is 13.2 Å².